The maximum Gasteiger partial charge on any atom is 0.349 e. The summed E-state index contributed by atoms with van der Waals surface area (Å²) in [4.78, 5) is 34.6. The summed E-state index contributed by atoms with van der Waals surface area (Å²) in [5.41, 5.74) is 0.516. The van der Waals surface area contributed by atoms with Gasteiger partial charge in [0.25, 0.3) is 0 Å². The van der Waals surface area contributed by atoms with Crippen molar-refractivity contribution < 1.29 is 29.0 Å². The molecule has 0 saturated carbocycles. The first-order chi connectivity index (χ1) is 12.9. The van der Waals surface area contributed by atoms with Gasteiger partial charge in [0, 0.05) is 17.0 Å². The fraction of sp³-hybridized carbons (Fsp3) is 0.150. The number of carboxylic acid groups (broad SMARTS) is 2. The zero-order valence-corrected chi connectivity index (χ0v) is 14.3. The van der Waals surface area contributed by atoms with E-state index in [9.17, 15) is 19.5 Å². The third-order valence-electron chi connectivity index (χ3n) is 4.17. The first kappa shape index (κ1) is 18.2. The summed E-state index contributed by atoms with van der Waals surface area (Å²) in [6.45, 7) is 1.64. The topological polar surface area (TPSA) is 114 Å². The van der Waals surface area contributed by atoms with E-state index in [0.717, 1.165) is 0 Å². The van der Waals surface area contributed by atoms with Gasteiger partial charge in [-0.15, -0.1) is 0 Å². The molecule has 0 amide bonds. The van der Waals surface area contributed by atoms with Crippen molar-refractivity contribution >= 4 is 22.9 Å². The summed E-state index contributed by atoms with van der Waals surface area (Å²) in [7, 11) is 0. The quantitative estimate of drug-likeness (QED) is 0.643. The van der Waals surface area contributed by atoms with Gasteiger partial charge in [0.15, 0.2) is 0 Å². The highest BCUT2D eigenvalue weighted by molar-refractivity contribution is 5.84. The molecular weight excluding hydrogens is 352 g/mol. The Bertz CT molecular complexity index is 1070. The zero-order chi connectivity index (χ0) is 19.6. The van der Waals surface area contributed by atoms with E-state index in [1.807, 2.05) is 0 Å². The SMILES string of the molecule is Cc1c(CC(=O)O)c(=O)oc2cc(O[C@@H](C(=O)O)c3ccccc3)ccc12. The summed E-state index contributed by atoms with van der Waals surface area (Å²) < 4.78 is 10.8. The van der Waals surface area contributed by atoms with Crippen LogP contribution >= 0.6 is 0 Å². The van der Waals surface area contributed by atoms with Gasteiger partial charge in [0.1, 0.15) is 11.3 Å². The molecule has 1 heterocycles. The van der Waals surface area contributed by atoms with Crippen molar-refractivity contribution in [2.75, 3.05) is 0 Å². The molecule has 0 saturated heterocycles. The van der Waals surface area contributed by atoms with Crippen LogP contribution in [0.1, 0.15) is 22.8 Å². The van der Waals surface area contributed by atoms with Gasteiger partial charge in [-0.2, -0.15) is 0 Å². The van der Waals surface area contributed by atoms with Crippen LogP contribution in [0.3, 0.4) is 0 Å². The molecule has 27 heavy (non-hydrogen) atoms. The Morgan fingerprint density at radius 3 is 2.44 bits per heavy atom. The van der Waals surface area contributed by atoms with Crippen molar-refractivity contribution in [1.29, 1.82) is 0 Å². The first-order valence-corrected chi connectivity index (χ1v) is 8.09. The molecule has 7 heteroatoms. The standard InChI is InChI=1S/C20H16O7/c1-11-14-8-7-13(9-16(14)27-20(25)15(11)10-17(21)22)26-18(19(23)24)12-5-3-2-4-6-12/h2-9,18H,10H2,1H3,(H,21,22)(H,23,24)/t18-/m1/s1. The van der Waals surface area contributed by atoms with E-state index in [1.54, 1.807) is 49.4 Å². The van der Waals surface area contributed by atoms with E-state index in [-0.39, 0.29) is 16.9 Å². The molecule has 1 aromatic heterocycles. The summed E-state index contributed by atoms with van der Waals surface area (Å²) >= 11 is 0. The van der Waals surface area contributed by atoms with Gasteiger partial charge in [-0.3, -0.25) is 4.79 Å². The van der Waals surface area contributed by atoms with E-state index in [0.29, 0.717) is 16.5 Å². The molecule has 0 aliphatic heterocycles. The lowest BCUT2D eigenvalue weighted by Gasteiger charge is -2.16. The monoisotopic (exact) mass is 368 g/mol. The van der Waals surface area contributed by atoms with Gasteiger partial charge < -0.3 is 19.4 Å². The minimum Gasteiger partial charge on any atom is -0.481 e. The summed E-state index contributed by atoms with van der Waals surface area (Å²) in [5, 5.41) is 19.0. The fourth-order valence-electron chi connectivity index (χ4n) is 2.83. The number of ether oxygens (including phenoxy) is 1. The van der Waals surface area contributed by atoms with Gasteiger partial charge in [0.2, 0.25) is 6.10 Å². The Morgan fingerprint density at radius 2 is 1.81 bits per heavy atom. The normalized spacial score (nSPS) is 11.9. The van der Waals surface area contributed by atoms with Gasteiger partial charge >= 0.3 is 17.6 Å². The maximum atomic E-state index is 12.1. The molecule has 0 unspecified atom stereocenters. The lowest BCUT2D eigenvalue weighted by atomic mass is 10.0. The smallest absolute Gasteiger partial charge is 0.349 e. The summed E-state index contributed by atoms with van der Waals surface area (Å²) in [6.07, 6.45) is -1.65. The Balaban J connectivity index is 2.00. The molecule has 3 aromatic rings. The van der Waals surface area contributed by atoms with E-state index in [4.69, 9.17) is 14.3 Å². The van der Waals surface area contributed by atoms with Crippen molar-refractivity contribution in [2.24, 2.45) is 0 Å². The molecular formula is C20H16O7. The highest BCUT2D eigenvalue weighted by atomic mass is 16.5. The molecule has 0 aliphatic carbocycles. The van der Waals surface area contributed by atoms with Crippen LogP contribution in [-0.2, 0) is 16.0 Å². The molecule has 1 atom stereocenters. The molecule has 138 valence electrons. The second-order valence-corrected chi connectivity index (χ2v) is 5.97. The highest BCUT2D eigenvalue weighted by Gasteiger charge is 2.22. The lowest BCUT2D eigenvalue weighted by Crippen LogP contribution is -2.18. The zero-order valence-electron chi connectivity index (χ0n) is 14.3. The minimum absolute atomic E-state index is 0.0800. The third kappa shape index (κ3) is 3.82. The van der Waals surface area contributed by atoms with E-state index in [2.05, 4.69) is 0 Å². The lowest BCUT2D eigenvalue weighted by molar-refractivity contribution is -0.145. The van der Waals surface area contributed by atoms with Crippen molar-refractivity contribution in [3.8, 4) is 5.75 Å². The Morgan fingerprint density at radius 1 is 1.11 bits per heavy atom. The van der Waals surface area contributed by atoms with Crippen molar-refractivity contribution in [1.82, 2.24) is 0 Å². The number of aliphatic carboxylic acids is 2. The van der Waals surface area contributed by atoms with Crippen LogP contribution in [0, 0.1) is 6.92 Å². The van der Waals surface area contributed by atoms with Crippen molar-refractivity contribution in [3.63, 3.8) is 0 Å². The molecule has 0 aliphatic rings. The van der Waals surface area contributed by atoms with Crippen LogP contribution in [0.2, 0.25) is 0 Å². The largest absolute Gasteiger partial charge is 0.481 e. The second-order valence-electron chi connectivity index (χ2n) is 5.97. The molecule has 0 radical (unpaired) electrons. The number of benzene rings is 2. The predicted octanol–water partition coefficient (Wildman–Crippen LogP) is 2.93. The highest BCUT2D eigenvalue weighted by Crippen LogP contribution is 2.28. The predicted molar refractivity (Wildman–Crippen MR) is 96.0 cm³/mol. The van der Waals surface area contributed by atoms with Gasteiger partial charge in [0.05, 0.1) is 12.0 Å². The number of carboxylic acids is 2. The van der Waals surface area contributed by atoms with Gasteiger partial charge in [-0.1, -0.05) is 30.3 Å². The number of fused-ring (bicyclic) bond motifs is 1. The van der Waals surface area contributed by atoms with Crippen LogP contribution in [0.4, 0.5) is 0 Å². The number of hydrogen-bond donors (Lipinski definition) is 2. The van der Waals surface area contributed by atoms with Crippen LogP contribution in [-0.4, -0.2) is 22.2 Å². The summed E-state index contributed by atoms with van der Waals surface area (Å²) in [5.74, 6) is -2.07. The first-order valence-electron chi connectivity index (χ1n) is 8.09. The second kappa shape index (κ2) is 7.33. The Hall–Kier alpha value is -3.61. The van der Waals surface area contributed by atoms with E-state index in [1.165, 1.54) is 6.07 Å². The van der Waals surface area contributed by atoms with Gasteiger partial charge in [-0.25, -0.2) is 9.59 Å². The minimum atomic E-state index is -1.22. The maximum absolute atomic E-state index is 12.1. The van der Waals surface area contributed by atoms with Gasteiger partial charge in [-0.05, 0) is 24.6 Å². The molecule has 7 nitrogen and oxygen atoms in total. The van der Waals surface area contributed by atoms with Crippen LogP contribution in [0.15, 0.2) is 57.7 Å². The van der Waals surface area contributed by atoms with Crippen LogP contribution in [0.5, 0.6) is 5.75 Å². The average Bonchev–Trinajstić information content (AvgIpc) is 2.63. The molecule has 2 aromatic carbocycles. The molecule has 3 rings (SSSR count). The molecule has 0 spiro atoms. The summed E-state index contributed by atoms with van der Waals surface area (Å²) in [6, 6.07) is 13.1. The Labute approximate surface area is 153 Å². The fourth-order valence-corrected chi connectivity index (χ4v) is 2.83. The molecule has 0 fully saturated rings. The van der Waals surface area contributed by atoms with Crippen LogP contribution in [0.25, 0.3) is 11.0 Å². The van der Waals surface area contributed by atoms with Crippen molar-refractivity contribution in [3.05, 3.63) is 75.6 Å². The number of rotatable bonds is 6. The average molecular weight is 368 g/mol. The number of aryl methyl sites for hydroxylation is 1. The number of hydrogen-bond acceptors (Lipinski definition) is 5. The Kier molecular flexibility index (Phi) is 4.94. The number of carbonyl (C=O) groups is 2. The van der Waals surface area contributed by atoms with Crippen molar-refractivity contribution in [2.45, 2.75) is 19.4 Å². The van der Waals surface area contributed by atoms with E-state index >= 15 is 0 Å². The molecule has 0 bridgehead atoms. The third-order valence-corrected chi connectivity index (χ3v) is 4.17. The van der Waals surface area contributed by atoms with Crippen LogP contribution < -0.4 is 10.4 Å². The molecule has 2 N–H and O–H groups in total. The van der Waals surface area contributed by atoms with E-state index < -0.39 is 30.1 Å².